The molecule has 7 nitrogen and oxygen atoms in total. The number of methoxy groups -OCH3 is 2. The van der Waals surface area contributed by atoms with Crippen LogP contribution in [0.15, 0.2) is 42.5 Å². The van der Waals surface area contributed by atoms with E-state index in [4.69, 9.17) is 9.47 Å². The van der Waals surface area contributed by atoms with Gasteiger partial charge in [0.05, 0.1) is 19.8 Å². The molecule has 3 rings (SSSR count). The van der Waals surface area contributed by atoms with Gasteiger partial charge in [-0.15, -0.1) is 0 Å². The summed E-state index contributed by atoms with van der Waals surface area (Å²) in [5, 5.41) is 6.43. The van der Waals surface area contributed by atoms with E-state index in [1.54, 1.807) is 19.1 Å². The van der Waals surface area contributed by atoms with Gasteiger partial charge < -0.3 is 25.0 Å². The Kier molecular flexibility index (Phi) is 6.94. The lowest BCUT2D eigenvalue weighted by Crippen LogP contribution is -2.38. The van der Waals surface area contributed by atoms with E-state index in [9.17, 15) is 9.59 Å². The van der Waals surface area contributed by atoms with Crippen molar-refractivity contribution in [1.29, 1.82) is 0 Å². The smallest absolute Gasteiger partial charge is 0.253 e. The van der Waals surface area contributed by atoms with Crippen molar-refractivity contribution in [3.8, 4) is 11.5 Å². The van der Waals surface area contributed by atoms with Gasteiger partial charge in [-0.25, -0.2) is 0 Å². The molecule has 0 radical (unpaired) electrons. The second-order valence-corrected chi connectivity index (χ2v) is 6.98. The number of ether oxygens (including phenoxy) is 2. The Labute approximate surface area is 171 Å². The number of piperidine rings is 1. The van der Waals surface area contributed by atoms with Gasteiger partial charge in [0.15, 0.2) is 11.5 Å². The zero-order valence-corrected chi connectivity index (χ0v) is 16.8. The Hall–Kier alpha value is -3.22. The van der Waals surface area contributed by atoms with Crippen molar-refractivity contribution < 1.29 is 19.1 Å². The topological polar surface area (TPSA) is 79.9 Å². The molecule has 7 heteroatoms. The Balaban J connectivity index is 1.63. The molecule has 0 unspecified atom stereocenters. The number of amides is 2. The third-order valence-electron chi connectivity index (χ3n) is 5.11. The van der Waals surface area contributed by atoms with Gasteiger partial charge in [0.2, 0.25) is 6.41 Å². The maximum Gasteiger partial charge on any atom is 0.253 e. The van der Waals surface area contributed by atoms with Crippen LogP contribution < -0.4 is 20.1 Å². The van der Waals surface area contributed by atoms with Gasteiger partial charge in [0, 0.05) is 31.4 Å². The Morgan fingerprint density at radius 1 is 1.10 bits per heavy atom. The van der Waals surface area contributed by atoms with Crippen molar-refractivity contribution >= 4 is 18.0 Å². The van der Waals surface area contributed by atoms with E-state index in [1.165, 1.54) is 0 Å². The molecular formula is C22H27N3O4. The van der Waals surface area contributed by atoms with E-state index in [2.05, 4.69) is 10.6 Å². The highest BCUT2D eigenvalue weighted by molar-refractivity contribution is 5.99. The zero-order chi connectivity index (χ0) is 20.6. The molecule has 1 aliphatic rings. The molecule has 154 valence electrons. The first-order valence-corrected chi connectivity index (χ1v) is 9.68. The number of benzene rings is 2. The Morgan fingerprint density at radius 2 is 1.83 bits per heavy atom. The predicted molar refractivity (Wildman–Crippen MR) is 111 cm³/mol. The van der Waals surface area contributed by atoms with Crippen molar-refractivity contribution in [2.45, 2.75) is 25.4 Å². The summed E-state index contributed by atoms with van der Waals surface area (Å²) >= 11 is 0. The number of hydrogen-bond donors (Lipinski definition) is 2. The summed E-state index contributed by atoms with van der Waals surface area (Å²) in [6.45, 7) is 1.84. The van der Waals surface area contributed by atoms with Crippen molar-refractivity contribution in [1.82, 2.24) is 10.2 Å². The highest BCUT2D eigenvalue weighted by atomic mass is 16.5. The van der Waals surface area contributed by atoms with Gasteiger partial charge in [-0.2, -0.15) is 0 Å². The summed E-state index contributed by atoms with van der Waals surface area (Å²) in [6, 6.07) is 13.3. The number of para-hydroxylation sites is 1. The van der Waals surface area contributed by atoms with Crippen molar-refractivity contribution in [2.24, 2.45) is 0 Å². The second-order valence-electron chi connectivity index (χ2n) is 6.98. The van der Waals surface area contributed by atoms with Gasteiger partial charge in [-0.1, -0.05) is 18.2 Å². The first-order valence-electron chi connectivity index (χ1n) is 9.68. The van der Waals surface area contributed by atoms with Crippen molar-refractivity contribution in [3.05, 3.63) is 53.6 Å². The highest BCUT2D eigenvalue weighted by Gasteiger charge is 2.20. The lowest BCUT2D eigenvalue weighted by atomic mass is 10.0. The highest BCUT2D eigenvalue weighted by Crippen LogP contribution is 2.27. The number of nitrogens with zero attached hydrogens (tertiary/aromatic N) is 1. The van der Waals surface area contributed by atoms with Crippen LogP contribution in [0, 0.1) is 0 Å². The second kappa shape index (κ2) is 9.82. The fourth-order valence-electron chi connectivity index (χ4n) is 3.44. The third kappa shape index (κ3) is 5.19. The van der Waals surface area contributed by atoms with Gasteiger partial charge >= 0.3 is 0 Å². The van der Waals surface area contributed by atoms with Crippen LogP contribution in [-0.2, 0) is 11.3 Å². The number of carbonyl (C=O) groups is 2. The van der Waals surface area contributed by atoms with Crippen molar-refractivity contribution in [2.75, 3.05) is 32.6 Å². The van der Waals surface area contributed by atoms with Gasteiger partial charge in [-0.3, -0.25) is 9.59 Å². The predicted octanol–water partition coefficient (Wildman–Crippen LogP) is 2.67. The minimum absolute atomic E-state index is 0.145. The molecule has 1 fully saturated rings. The maximum atomic E-state index is 12.8. The molecule has 0 saturated carbocycles. The molecule has 0 atom stereocenters. The van der Waals surface area contributed by atoms with Gasteiger partial charge in [0.25, 0.3) is 5.91 Å². The molecule has 1 heterocycles. The van der Waals surface area contributed by atoms with Crippen molar-refractivity contribution in [3.63, 3.8) is 0 Å². The molecule has 2 N–H and O–H groups in total. The fourth-order valence-corrected chi connectivity index (χ4v) is 3.44. The van der Waals surface area contributed by atoms with Gasteiger partial charge in [-0.05, 0) is 42.7 Å². The van der Waals surface area contributed by atoms with Gasteiger partial charge in [0.1, 0.15) is 0 Å². The molecule has 0 aliphatic carbocycles. The van der Waals surface area contributed by atoms with E-state index >= 15 is 0 Å². The molecular weight excluding hydrogens is 370 g/mol. The number of rotatable bonds is 8. The average Bonchev–Trinajstić information content (AvgIpc) is 2.78. The summed E-state index contributed by atoms with van der Waals surface area (Å²) in [6.07, 6.45) is 2.62. The first-order chi connectivity index (χ1) is 14.1. The summed E-state index contributed by atoms with van der Waals surface area (Å²) in [5.41, 5.74) is 2.33. The van der Waals surface area contributed by atoms with Crippen LogP contribution >= 0.6 is 0 Å². The number of likely N-dealkylation sites (tertiary alicyclic amines) is 1. The number of hydrogen-bond acceptors (Lipinski definition) is 5. The molecule has 2 aromatic carbocycles. The minimum Gasteiger partial charge on any atom is -0.493 e. The van der Waals surface area contributed by atoms with E-state index < -0.39 is 0 Å². The van der Waals surface area contributed by atoms with Crippen LogP contribution in [0.2, 0.25) is 0 Å². The maximum absolute atomic E-state index is 12.8. The normalized spacial score (nSPS) is 14.2. The first kappa shape index (κ1) is 20.5. The van der Waals surface area contributed by atoms with Crippen LogP contribution in [0.25, 0.3) is 0 Å². The average molecular weight is 397 g/mol. The fraction of sp³-hybridized carbons (Fsp3) is 0.364. The summed E-state index contributed by atoms with van der Waals surface area (Å²) in [4.78, 5) is 25.4. The number of nitrogens with one attached hydrogen (secondary N) is 2. The summed E-state index contributed by atoms with van der Waals surface area (Å²) in [7, 11) is 3.17. The van der Waals surface area contributed by atoms with Crippen LogP contribution in [0.4, 0.5) is 5.69 Å². The molecule has 1 saturated heterocycles. The largest absolute Gasteiger partial charge is 0.493 e. The molecule has 0 bridgehead atoms. The van der Waals surface area contributed by atoms with Crippen LogP contribution in [-0.4, -0.2) is 50.6 Å². The van der Waals surface area contributed by atoms with Crippen LogP contribution in [0.3, 0.4) is 0 Å². The van der Waals surface area contributed by atoms with E-state index in [0.717, 1.165) is 43.6 Å². The SMILES string of the molecule is COc1ccc(CNC(=O)c2ccccc2NC2CCN(C=O)CC2)cc1OC. The molecule has 2 aromatic rings. The van der Waals surface area contributed by atoms with E-state index in [1.807, 2.05) is 42.5 Å². The molecule has 0 aromatic heterocycles. The zero-order valence-electron chi connectivity index (χ0n) is 16.8. The summed E-state index contributed by atoms with van der Waals surface area (Å²) < 4.78 is 10.6. The quantitative estimate of drug-likeness (QED) is 0.670. The lowest BCUT2D eigenvalue weighted by Gasteiger charge is -2.30. The van der Waals surface area contributed by atoms with E-state index in [-0.39, 0.29) is 11.9 Å². The molecule has 29 heavy (non-hydrogen) atoms. The lowest BCUT2D eigenvalue weighted by molar-refractivity contribution is -0.118. The van der Waals surface area contributed by atoms with E-state index in [0.29, 0.717) is 23.6 Å². The minimum atomic E-state index is -0.145. The number of anilines is 1. The Morgan fingerprint density at radius 3 is 2.52 bits per heavy atom. The molecule has 2 amide bonds. The van der Waals surface area contributed by atoms with Crippen LogP contribution in [0.1, 0.15) is 28.8 Å². The molecule has 1 aliphatic heterocycles. The summed E-state index contributed by atoms with van der Waals surface area (Å²) in [5.74, 6) is 1.13. The standard InChI is InChI=1S/C22H27N3O4/c1-28-20-8-7-16(13-21(20)29-2)14-23-22(27)18-5-3-4-6-19(18)24-17-9-11-25(15-26)12-10-17/h3-8,13,15,17,24H,9-12,14H2,1-2H3,(H,23,27). The Bertz CT molecular complexity index is 848. The monoisotopic (exact) mass is 397 g/mol. The molecule has 0 spiro atoms. The van der Waals surface area contributed by atoms with Crippen LogP contribution in [0.5, 0.6) is 11.5 Å². The number of carbonyl (C=O) groups excluding carboxylic acids is 2. The third-order valence-corrected chi connectivity index (χ3v) is 5.11.